The molecular weight excluding hydrogens is 320 g/mol. The fourth-order valence-corrected chi connectivity index (χ4v) is 1.79. The van der Waals surface area contributed by atoms with Crippen LogP contribution in [0.2, 0.25) is 15.1 Å². The highest BCUT2D eigenvalue weighted by Gasteiger charge is 2.21. The number of nitrogens with one attached hydrogen (secondary N) is 2. The molecule has 2 N–H and O–H groups in total. The van der Waals surface area contributed by atoms with Crippen molar-refractivity contribution in [2.45, 2.75) is 0 Å². The van der Waals surface area contributed by atoms with Crippen LogP contribution in [-0.4, -0.2) is 0 Å². The molecule has 0 atom stereocenters. The SMILES string of the molecule is N#CC(C#N)=CNNc1c(Cl)c(F)c(Cl)c(F)c1Cl. The minimum Gasteiger partial charge on any atom is -0.306 e. The van der Waals surface area contributed by atoms with E-state index in [2.05, 4.69) is 10.9 Å². The van der Waals surface area contributed by atoms with Crippen molar-refractivity contribution in [1.82, 2.24) is 5.43 Å². The average molecular weight is 324 g/mol. The molecule has 4 nitrogen and oxygen atoms in total. The van der Waals surface area contributed by atoms with E-state index in [-0.39, 0.29) is 11.3 Å². The van der Waals surface area contributed by atoms with Crippen molar-refractivity contribution in [2.75, 3.05) is 5.43 Å². The van der Waals surface area contributed by atoms with E-state index in [0.29, 0.717) is 0 Å². The van der Waals surface area contributed by atoms with Crippen molar-refractivity contribution in [3.63, 3.8) is 0 Å². The Hall–Kier alpha value is -1.73. The highest BCUT2D eigenvalue weighted by Crippen LogP contribution is 2.39. The molecule has 1 aromatic rings. The third-order valence-electron chi connectivity index (χ3n) is 1.86. The minimum absolute atomic E-state index is 0.269. The molecule has 0 amide bonds. The third-order valence-corrected chi connectivity index (χ3v) is 2.91. The topological polar surface area (TPSA) is 71.6 Å². The maximum Gasteiger partial charge on any atom is 0.165 e. The summed E-state index contributed by atoms with van der Waals surface area (Å²) in [5, 5.41) is 15.0. The molecule has 0 aromatic heterocycles. The molecule has 1 aromatic carbocycles. The zero-order chi connectivity index (χ0) is 14.6. The molecule has 0 fully saturated rings. The van der Waals surface area contributed by atoms with Gasteiger partial charge in [-0.2, -0.15) is 10.5 Å². The fourth-order valence-electron chi connectivity index (χ4n) is 0.985. The lowest BCUT2D eigenvalue weighted by Gasteiger charge is -2.12. The lowest BCUT2D eigenvalue weighted by Crippen LogP contribution is -2.16. The van der Waals surface area contributed by atoms with Gasteiger partial charge in [0.15, 0.2) is 11.6 Å². The number of nitrogens with zero attached hydrogens (tertiary/aromatic N) is 2. The Balaban J connectivity index is 3.08. The number of hydrogen-bond donors (Lipinski definition) is 2. The largest absolute Gasteiger partial charge is 0.306 e. The van der Waals surface area contributed by atoms with Gasteiger partial charge in [0.2, 0.25) is 0 Å². The van der Waals surface area contributed by atoms with Crippen LogP contribution in [0.5, 0.6) is 0 Å². The van der Waals surface area contributed by atoms with Crippen LogP contribution in [0.4, 0.5) is 14.5 Å². The predicted molar refractivity (Wildman–Crippen MR) is 67.5 cm³/mol. The summed E-state index contributed by atoms with van der Waals surface area (Å²) >= 11 is 16.5. The number of anilines is 1. The normalized spacial score (nSPS) is 9.21. The van der Waals surface area contributed by atoms with Crippen molar-refractivity contribution in [2.24, 2.45) is 0 Å². The molecule has 0 saturated carbocycles. The van der Waals surface area contributed by atoms with Crippen LogP contribution in [0.15, 0.2) is 11.8 Å². The highest BCUT2D eigenvalue weighted by atomic mass is 35.5. The van der Waals surface area contributed by atoms with Crippen LogP contribution in [0.1, 0.15) is 0 Å². The van der Waals surface area contributed by atoms with Gasteiger partial charge in [-0.05, 0) is 0 Å². The van der Waals surface area contributed by atoms with Crippen LogP contribution < -0.4 is 10.9 Å². The first-order valence-corrected chi connectivity index (χ1v) is 5.60. The van der Waals surface area contributed by atoms with Crippen LogP contribution >= 0.6 is 34.8 Å². The number of allylic oxidation sites excluding steroid dienone is 1. The standard InChI is InChI=1S/C10H3Cl3F2N4/c11-5-8(14)6(12)10(7(13)9(5)15)19-18-3-4(1-16)2-17/h3,18-19H. The summed E-state index contributed by atoms with van der Waals surface area (Å²) in [7, 11) is 0. The zero-order valence-electron chi connectivity index (χ0n) is 8.86. The summed E-state index contributed by atoms with van der Waals surface area (Å²) in [5.41, 5.74) is 3.94. The van der Waals surface area contributed by atoms with E-state index in [9.17, 15) is 8.78 Å². The molecule has 0 aliphatic carbocycles. The maximum atomic E-state index is 13.4. The Labute approximate surface area is 121 Å². The second-order valence-corrected chi connectivity index (χ2v) is 4.13. The molecule has 0 aliphatic rings. The number of hydrogen-bond acceptors (Lipinski definition) is 4. The molecule has 0 saturated heterocycles. The van der Waals surface area contributed by atoms with E-state index in [1.165, 1.54) is 0 Å². The number of benzene rings is 1. The van der Waals surface area contributed by atoms with Crippen molar-refractivity contribution >= 4 is 40.5 Å². The van der Waals surface area contributed by atoms with Crippen LogP contribution in [0.25, 0.3) is 0 Å². The first-order valence-electron chi connectivity index (χ1n) is 4.47. The number of hydrazine groups is 1. The molecule has 0 radical (unpaired) electrons. The van der Waals surface area contributed by atoms with Gasteiger partial charge in [-0.15, -0.1) is 0 Å². The number of rotatable bonds is 3. The quantitative estimate of drug-likeness (QED) is 0.384. The van der Waals surface area contributed by atoms with Gasteiger partial charge in [-0.1, -0.05) is 34.8 Å². The minimum atomic E-state index is -1.18. The average Bonchev–Trinajstić information content (AvgIpc) is 2.42. The monoisotopic (exact) mass is 322 g/mol. The van der Waals surface area contributed by atoms with E-state index in [1.807, 2.05) is 0 Å². The van der Waals surface area contributed by atoms with Crippen LogP contribution in [-0.2, 0) is 0 Å². The van der Waals surface area contributed by atoms with Gasteiger partial charge in [-0.25, -0.2) is 8.78 Å². The van der Waals surface area contributed by atoms with Gasteiger partial charge < -0.3 is 5.43 Å². The predicted octanol–water partition coefficient (Wildman–Crippen LogP) is 3.77. The lowest BCUT2D eigenvalue weighted by atomic mass is 10.3. The Morgan fingerprint density at radius 3 is 1.89 bits per heavy atom. The third kappa shape index (κ3) is 3.18. The second-order valence-electron chi connectivity index (χ2n) is 3.00. The molecule has 0 heterocycles. The first kappa shape index (κ1) is 15.3. The van der Waals surface area contributed by atoms with E-state index < -0.39 is 26.7 Å². The molecule has 0 spiro atoms. The molecule has 0 unspecified atom stereocenters. The van der Waals surface area contributed by atoms with E-state index in [1.54, 1.807) is 12.1 Å². The molecule has 19 heavy (non-hydrogen) atoms. The lowest BCUT2D eigenvalue weighted by molar-refractivity contribution is 0.585. The molecule has 9 heteroatoms. The molecule has 1 rings (SSSR count). The zero-order valence-corrected chi connectivity index (χ0v) is 11.1. The molecule has 0 bridgehead atoms. The second kappa shape index (κ2) is 6.44. The highest BCUT2D eigenvalue weighted by molar-refractivity contribution is 6.42. The summed E-state index contributed by atoms with van der Waals surface area (Å²) < 4.78 is 26.8. The summed E-state index contributed by atoms with van der Waals surface area (Å²) in [6, 6.07) is 3.12. The van der Waals surface area contributed by atoms with Gasteiger partial charge in [0.1, 0.15) is 32.8 Å². The van der Waals surface area contributed by atoms with Crippen LogP contribution in [0, 0.1) is 34.3 Å². The summed E-state index contributed by atoms with van der Waals surface area (Å²) in [5.74, 6) is -2.36. The number of nitriles is 2. The van der Waals surface area contributed by atoms with Crippen molar-refractivity contribution < 1.29 is 8.78 Å². The Bertz CT molecular complexity index is 586. The number of halogens is 5. The maximum absolute atomic E-state index is 13.4. The Morgan fingerprint density at radius 1 is 1.00 bits per heavy atom. The summed E-state index contributed by atoms with van der Waals surface area (Å²) in [6.07, 6.45) is 0.969. The smallest absolute Gasteiger partial charge is 0.165 e. The van der Waals surface area contributed by atoms with Crippen LogP contribution in [0.3, 0.4) is 0 Å². The Kier molecular flexibility index (Phi) is 5.20. The van der Waals surface area contributed by atoms with Crippen molar-refractivity contribution in [3.8, 4) is 12.1 Å². The van der Waals surface area contributed by atoms with E-state index in [4.69, 9.17) is 45.3 Å². The van der Waals surface area contributed by atoms with E-state index >= 15 is 0 Å². The van der Waals surface area contributed by atoms with Gasteiger partial charge in [0.25, 0.3) is 0 Å². The van der Waals surface area contributed by atoms with Gasteiger partial charge in [0, 0.05) is 6.20 Å². The Morgan fingerprint density at radius 2 is 1.47 bits per heavy atom. The van der Waals surface area contributed by atoms with Crippen molar-refractivity contribution in [3.05, 3.63) is 38.5 Å². The fraction of sp³-hybridized carbons (Fsp3) is 0. The molecule has 98 valence electrons. The molecule has 0 aliphatic heterocycles. The van der Waals surface area contributed by atoms with Gasteiger partial charge in [-0.3, -0.25) is 5.43 Å². The summed E-state index contributed by atoms with van der Waals surface area (Å²) in [4.78, 5) is 0. The van der Waals surface area contributed by atoms with Crippen molar-refractivity contribution in [1.29, 1.82) is 10.5 Å². The van der Waals surface area contributed by atoms with Gasteiger partial charge >= 0.3 is 0 Å². The van der Waals surface area contributed by atoms with E-state index in [0.717, 1.165) is 6.20 Å². The molecular formula is C10H3Cl3F2N4. The van der Waals surface area contributed by atoms with Gasteiger partial charge in [0.05, 0.1) is 5.69 Å². The first-order chi connectivity index (χ1) is 8.93. The summed E-state index contributed by atoms with van der Waals surface area (Å²) in [6.45, 7) is 0.